The molecule has 0 aromatic rings. The van der Waals surface area contributed by atoms with E-state index in [9.17, 15) is 18.3 Å². The second kappa shape index (κ2) is 6.45. The predicted octanol–water partition coefficient (Wildman–Crippen LogP) is 0.184. The fraction of sp³-hybridized carbons (Fsp3) is 0.917. The maximum Gasteiger partial charge on any atom is 0.230 e. The van der Waals surface area contributed by atoms with Gasteiger partial charge in [-0.05, 0) is 19.3 Å². The van der Waals surface area contributed by atoms with Crippen molar-refractivity contribution in [1.82, 2.24) is 5.32 Å². The van der Waals surface area contributed by atoms with E-state index in [0.29, 0.717) is 18.7 Å². The highest BCUT2D eigenvalue weighted by atomic mass is 32.2. The third kappa shape index (κ3) is 4.65. The quantitative estimate of drug-likeness (QED) is 0.757. The molecule has 0 aromatic carbocycles. The molecular weight excluding hydrogens is 286 g/mol. The molecule has 2 N–H and O–H groups in total. The first-order valence-corrected chi connectivity index (χ1v) is 9.60. The van der Waals surface area contributed by atoms with Crippen LogP contribution in [0.4, 0.5) is 0 Å². The van der Waals surface area contributed by atoms with Gasteiger partial charge in [-0.1, -0.05) is 6.42 Å². The van der Waals surface area contributed by atoms with Crippen molar-refractivity contribution in [1.29, 1.82) is 0 Å². The van der Waals surface area contributed by atoms with Crippen LogP contribution >= 0.6 is 11.8 Å². The second-order valence-electron chi connectivity index (χ2n) is 5.40. The summed E-state index contributed by atoms with van der Waals surface area (Å²) in [6, 6.07) is 0. The standard InChI is InChI=1S/C12H21NO4S2/c14-11-3-1-2-9(11)6-13-12(15)7-18-10-4-5-19(16,17)8-10/h9-11,14H,1-8H2,(H,13,15). The number of aliphatic hydroxyl groups is 1. The summed E-state index contributed by atoms with van der Waals surface area (Å²) in [5, 5.41) is 12.5. The zero-order valence-electron chi connectivity index (χ0n) is 10.9. The van der Waals surface area contributed by atoms with Gasteiger partial charge in [0.1, 0.15) is 0 Å². The van der Waals surface area contributed by atoms with Crippen LogP contribution < -0.4 is 5.32 Å². The van der Waals surface area contributed by atoms with Crippen LogP contribution in [0.15, 0.2) is 0 Å². The number of aliphatic hydroxyl groups excluding tert-OH is 1. The Morgan fingerprint density at radius 3 is 2.68 bits per heavy atom. The van der Waals surface area contributed by atoms with Gasteiger partial charge in [0.15, 0.2) is 9.84 Å². The molecule has 0 aromatic heterocycles. The monoisotopic (exact) mass is 307 g/mol. The molecule has 0 radical (unpaired) electrons. The number of sulfone groups is 1. The van der Waals surface area contributed by atoms with Crippen LogP contribution in [0, 0.1) is 5.92 Å². The number of rotatable bonds is 5. The van der Waals surface area contributed by atoms with Gasteiger partial charge in [0, 0.05) is 17.7 Å². The molecule has 1 amide bonds. The van der Waals surface area contributed by atoms with Crippen LogP contribution in [-0.4, -0.2) is 54.6 Å². The van der Waals surface area contributed by atoms with E-state index in [0.717, 1.165) is 19.3 Å². The van der Waals surface area contributed by atoms with Crippen molar-refractivity contribution in [3.05, 3.63) is 0 Å². The predicted molar refractivity (Wildman–Crippen MR) is 75.9 cm³/mol. The molecule has 1 heterocycles. The number of thioether (sulfide) groups is 1. The number of hydrogen-bond donors (Lipinski definition) is 2. The Kier molecular flexibility index (Phi) is 5.14. The van der Waals surface area contributed by atoms with Crippen LogP contribution in [0.5, 0.6) is 0 Å². The van der Waals surface area contributed by atoms with Crippen molar-refractivity contribution in [3.63, 3.8) is 0 Å². The van der Waals surface area contributed by atoms with E-state index in [-0.39, 0.29) is 34.7 Å². The summed E-state index contributed by atoms with van der Waals surface area (Å²) in [7, 11) is -2.86. The molecule has 19 heavy (non-hydrogen) atoms. The summed E-state index contributed by atoms with van der Waals surface area (Å²) < 4.78 is 22.6. The Morgan fingerprint density at radius 1 is 1.32 bits per heavy atom. The minimum atomic E-state index is -2.86. The largest absolute Gasteiger partial charge is 0.393 e. The molecule has 0 bridgehead atoms. The average Bonchev–Trinajstić information content (AvgIpc) is 2.90. The smallest absolute Gasteiger partial charge is 0.230 e. The highest BCUT2D eigenvalue weighted by Crippen LogP contribution is 2.25. The van der Waals surface area contributed by atoms with Crippen molar-refractivity contribution < 1.29 is 18.3 Å². The number of carbonyl (C=O) groups is 1. The zero-order valence-corrected chi connectivity index (χ0v) is 12.5. The van der Waals surface area contributed by atoms with E-state index in [1.807, 2.05) is 0 Å². The SMILES string of the molecule is O=C(CSC1CCS(=O)(=O)C1)NCC1CCCC1O. The van der Waals surface area contributed by atoms with E-state index in [1.54, 1.807) is 0 Å². The number of nitrogens with one attached hydrogen (secondary N) is 1. The van der Waals surface area contributed by atoms with Crippen LogP contribution in [0.2, 0.25) is 0 Å². The molecule has 1 aliphatic heterocycles. The molecule has 1 saturated carbocycles. The van der Waals surface area contributed by atoms with Gasteiger partial charge in [-0.25, -0.2) is 8.42 Å². The molecule has 5 nitrogen and oxygen atoms in total. The molecule has 2 rings (SSSR count). The van der Waals surface area contributed by atoms with E-state index in [1.165, 1.54) is 11.8 Å². The van der Waals surface area contributed by atoms with Crippen molar-refractivity contribution >= 4 is 27.5 Å². The highest BCUT2D eigenvalue weighted by Gasteiger charge is 2.29. The summed E-state index contributed by atoms with van der Waals surface area (Å²) in [5.74, 6) is 0.879. The van der Waals surface area contributed by atoms with Crippen molar-refractivity contribution in [3.8, 4) is 0 Å². The lowest BCUT2D eigenvalue weighted by Crippen LogP contribution is -2.33. The third-order valence-corrected chi connectivity index (χ3v) is 7.10. The summed E-state index contributed by atoms with van der Waals surface area (Å²) in [4.78, 5) is 11.7. The Bertz CT molecular complexity index is 423. The first-order chi connectivity index (χ1) is 8.96. The fourth-order valence-corrected chi connectivity index (χ4v) is 6.11. The van der Waals surface area contributed by atoms with Gasteiger partial charge in [-0.3, -0.25) is 4.79 Å². The van der Waals surface area contributed by atoms with E-state index in [4.69, 9.17) is 0 Å². The number of carbonyl (C=O) groups excluding carboxylic acids is 1. The Balaban J connectivity index is 1.62. The van der Waals surface area contributed by atoms with Crippen molar-refractivity contribution in [2.24, 2.45) is 5.92 Å². The Labute approximate surface area is 118 Å². The van der Waals surface area contributed by atoms with Crippen LogP contribution in [0.3, 0.4) is 0 Å². The molecule has 3 atom stereocenters. The average molecular weight is 307 g/mol. The molecule has 3 unspecified atom stereocenters. The van der Waals surface area contributed by atoms with Gasteiger partial charge in [0.25, 0.3) is 0 Å². The zero-order chi connectivity index (χ0) is 13.9. The maximum absolute atomic E-state index is 11.7. The lowest BCUT2D eigenvalue weighted by molar-refractivity contribution is -0.118. The topological polar surface area (TPSA) is 83.5 Å². The molecule has 2 fully saturated rings. The number of hydrogen-bond acceptors (Lipinski definition) is 5. The molecule has 110 valence electrons. The van der Waals surface area contributed by atoms with Gasteiger partial charge in [0.2, 0.25) is 5.91 Å². The molecule has 7 heteroatoms. The Hall–Kier alpha value is -0.270. The van der Waals surface area contributed by atoms with Gasteiger partial charge in [-0.15, -0.1) is 11.8 Å². The molecule has 1 saturated heterocycles. The van der Waals surface area contributed by atoms with Gasteiger partial charge in [-0.2, -0.15) is 0 Å². The van der Waals surface area contributed by atoms with Crippen LogP contribution in [0.1, 0.15) is 25.7 Å². The number of amides is 1. The lowest BCUT2D eigenvalue weighted by Gasteiger charge is -2.15. The van der Waals surface area contributed by atoms with E-state index < -0.39 is 9.84 Å². The van der Waals surface area contributed by atoms with Crippen LogP contribution in [-0.2, 0) is 14.6 Å². The molecule has 0 spiro atoms. The first kappa shape index (κ1) is 15.1. The summed E-state index contributed by atoms with van der Waals surface area (Å²) in [6.07, 6.45) is 3.19. The van der Waals surface area contributed by atoms with E-state index >= 15 is 0 Å². The lowest BCUT2D eigenvalue weighted by atomic mass is 10.1. The van der Waals surface area contributed by atoms with Crippen LogP contribution in [0.25, 0.3) is 0 Å². The molecule has 2 aliphatic rings. The summed E-state index contributed by atoms with van der Waals surface area (Å²) in [5.41, 5.74) is 0. The van der Waals surface area contributed by atoms with Gasteiger partial charge < -0.3 is 10.4 Å². The first-order valence-electron chi connectivity index (χ1n) is 6.73. The minimum Gasteiger partial charge on any atom is -0.393 e. The minimum absolute atomic E-state index is 0.0617. The maximum atomic E-state index is 11.7. The highest BCUT2D eigenvalue weighted by molar-refractivity contribution is 8.02. The normalized spacial score (nSPS) is 33.4. The van der Waals surface area contributed by atoms with E-state index in [2.05, 4.69) is 5.32 Å². The van der Waals surface area contributed by atoms with Crippen molar-refractivity contribution in [2.75, 3.05) is 23.8 Å². The summed E-state index contributed by atoms with van der Waals surface area (Å²) >= 11 is 1.42. The summed E-state index contributed by atoms with van der Waals surface area (Å²) in [6.45, 7) is 0.531. The fourth-order valence-electron chi connectivity index (χ4n) is 2.64. The molecule has 1 aliphatic carbocycles. The van der Waals surface area contributed by atoms with Crippen molar-refractivity contribution in [2.45, 2.75) is 37.0 Å². The molecular formula is C12H21NO4S2. The van der Waals surface area contributed by atoms with Gasteiger partial charge in [0.05, 0.1) is 23.4 Å². The third-order valence-electron chi connectivity index (χ3n) is 3.82. The van der Waals surface area contributed by atoms with Gasteiger partial charge >= 0.3 is 0 Å². The Morgan fingerprint density at radius 2 is 2.11 bits per heavy atom. The second-order valence-corrected chi connectivity index (χ2v) is 8.92.